The van der Waals surface area contributed by atoms with Gasteiger partial charge in [0.15, 0.2) is 12.2 Å². The zero-order valence-corrected chi connectivity index (χ0v) is 27.9. The van der Waals surface area contributed by atoms with Gasteiger partial charge in [0.25, 0.3) is 0 Å². The number of aliphatic hydroxyl groups excluding tert-OH is 1. The van der Waals surface area contributed by atoms with E-state index in [-0.39, 0.29) is 31.2 Å². The van der Waals surface area contributed by atoms with Crippen LogP contribution >= 0.6 is 0 Å². The number of benzene rings is 1. The molecule has 49 heavy (non-hydrogen) atoms. The Morgan fingerprint density at radius 3 is 2.59 bits per heavy atom. The Labute approximate surface area is 283 Å². The van der Waals surface area contributed by atoms with Crippen molar-refractivity contribution in [2.24, 2.45) is 5.73 Å². The summed E-state index contributed by atoms with van der Waals surface area (Å²) in [5.41, 5.74) is 5.56. The normalized spacial score (nSPS) is 26.9. The van der Waals surface area contributed by atoms with E-state index in [9.17, 15) is 39.3 Å². The summed E-state index contributed by atoms with van der Waals surface area (Å²) in [6, 6.07) is 2.44. The van der Waals surface area contributed by atoms with E-state index in [1.54, 1.807) is 12.1 Å². The molecule has 2 aliphatic carbocycles. The maximum Gasteiger partial charge on any atom is 0.348 e. The van der Waals surface area contributed by atoms with Crippen LogP contribution in [0.2, 0.25) is 0 Å². The van der Waals surface area contributed by atoms with Crippen LogP contribution in [0.25, 0.3) is 0 Å². The van der Waals surface area contributed by atoms with E-state index in [0.29, 0.717) is 43.5 Å². The van der Waals surface area contributed by atoms with Gasteiger partial charge in [-0.2, -0.15) is 0 Å². The van der Waals surface area contributed by atoms with Crippen molar-refractivity contribution in [1.82, 2.24) is 10.2 Å². The number of nitrogens with two attached hydrogens (primary N) is 1. The number of likely N-dealkylation sites (tertiary alicyclic amines) is 1. The Balaban J connectivity index is 1.29. The molecule has 1 spiro atoms. The number of aliphatic hydroxyl groups is 2. The number of ether oxygens (including phenoxy) is 4. The molecule has 0 unspecified atom stereocenters. The number of hydrogen-bond donors (Lipinski definition) is 5. The lowest BCUT2D eigenvalue weighted by Gasteiger charge is -2.56. The predicted octanol–water partition coefficient (Wildman–Crippen LogP) is 0.342. The third kappa shape index (κ3) is 6.64. The van der Waals surface area contributed by atoms with Crippen LogP contribution in [-0.4, -0.2) is 106 Å². The fraction of sp³-hybridized carbons (Fsp3) is 0.618. The maximum absolute atomic E-state index is 13.3. The molecule has 1 fully saturated rings. The molecule has 0 saturated carbocycles. The lowest BCUT2D eigenvalue weighted by atomic mass is 9.52. The number of carboxylic acid groups (broad SMARTS) is 1. The second-order valence-corrected chi connectivity index (χ2v) is 13.3. The Morgan fingerprint density at radius 1 is 1.16 bits per heavy atom. The largest absolute Gasteiger partial charge is 0.481 e. The van der Waals surface area contributed by atoms with Crippen molar-refractivity contribution in [3.8, 4) is 5.75 Å². The highest BCUT2D eigenvalue weighted by atomic mass is 16.6. The van der Waals surface area contributed by atoms with Crippen molar-refractivity contribution in [3.63, 3.8) is 0 Å². The first kappa shape index (κ1) is 36.2. The number of aliphatic carboxylic acids is 1. The number of unbranched alkanes of at least 4 members (excludes halogenated alkanes) is 1. The topological polar surface area (TPSA) is 224 Å². The van der Waals surface area contributed by atoms with Gasteiger partial charge in [0.1, 0.15) is 17.6 Å². The maximum atomic E-state index is 13.3. The van der Waals surface area contributed by atoms with Crippen molar-refractivity contribution < 1.29 is 58.2 Å². The second kappa shape index (κ2) is 14.4. The van der Waals surface area contributed by atoms with E-state index in [4.69, 9.17) is 24.7 Å². The summed E-state index contributed by atoms with van der Waals surface area (Å²) in [5.74, 6) is -4.71. The molecule has 2 bridgehead atoms. The fourth-order valence-corrected chi connectivity index (χ4v) is 7.92. The van der Waals surface area contributed by atoms with E-state index in [2.05, 4.69) is 10.2 Å². The van der Waals surface area contributed by atoms with Gasteiger partial charge in [-0.05, 0) is 77.2 Å². The second-order valence-electron chi connectivity index (χ2n) is 13.3. The summed E-state index contributed by atoms with van der Waals surface area (Å²) in [6.45, 7) is 3.22. The van der Waals surface area contributed by atoms with Crippen molar-refractivity contribution >= 4 is 29.8 Å². The average molecular weight is 688 g/mol. The summed E-state index contributed by atoms with van der Waals surface area (Å²) in [7, 11) is 1.97. The summed E-state index contributed by atoms with van der Waals surface area (Å²) in [5, 5.41) is 34.9. The molecule has 1 amide bonds. The van der Waals surface area contributed by atoms with Crippen LogP contribution in [0.15, 0.2) is 24.0 Å². The van der Waals surface area contributed by atoms with Crippen LogP contribution in [-0.2, 0) is 56.6 Å². The molecular weight excluding hydrogens is 642 g/mol. The highest BCUT2D eigenvalue weighted by molar-refractivity contribution is 5.87. The van der Waals surface area contributed by atoms with Crippen molar-refractivity contribution in [3.05, 3.63) is 40.7 Å². The minimum atomic E-state index is -1.98. The van der Waals surface area contributed by atoms with E-state index in [1.165, 1.54) is 13.8 Å². The zero-order chi connectivity index (χ0) is 35.7. The molecule has 4 aliphatic rings. The lowest BCUT2D eigenvalue weighted by molar-refractivity contribution is -0.179. The van der Waals surface area contributed by atoms with Crippen LogP contribution < -0.4 is 15.8 Å². The smallest absolute Gasteiger partial charge is 0.348 e. The number of carboxylic acids is 1. The van der Waals surface area contributed by atoms with Gasteiger partial charge in [-0.15, -0.1) is 0 Å². The summed E-state index contributed by atoms with van der Waals surface area (Å²) < 4.78 is 22.4. The van der Waals surface area contributed by atoms with Crippen molar-refractivity contribution in [2.75, 3.05) is 20.1 Å². The lowest BCUT2D eigenvalue weighted by Crippen LogP contribution is -2.69. The summed E-state index contributed by atoms with van der Waals surface area (Å²) in [4.78, 5) is 64.5. The number of carbonyl (C=O) groups is 5. The number of esters is 3. The van der Waals surface area contributed by atoms with Crippen molar-refractivity contribution in [1.29, 1.82) is 0 Å². The third-order valence-electron chi connectivity index (χ3n) is 10.2. The van der Waals surface area contributed by atoms with Gasteiger partial charge in [0.2, 0.25) is 12.0 Å². The number of carbonyl (C=O) groups excluding carboxylic acids is 4. The highest BCUT2D eigenvalue weighted by Crippen LogP contribution is 2.64. The predicted molar refractivity (Wildman–Crippen MR) is 170 cm³/mol. The van der Waals surface area contributed by atoms with E-state index in [1.807, 2.05) is 13.1 Å². The molecule has 6 N–H and O–H groups in total. The zero-order valence-electron chi connectivity index (χ0n) is 27.9. The van der Waals surface area contributed by atoms with Crippen molar-refractivity contribution in [2.45, 2.75) is 113 Å². The number of likely N-dealkylation sites (N-methyl/N-ethyl adjacent to an activating group) is 1. The van der Waals surface area contributed by atoms with Gasteiger partial charge < -0.3 is 50.2 Å². The molecule has 0 aromatic heterocycles. The van der Waals surface area contributed by atoms with Crippen LogP contribution in [0, 0.1) is 0 Å². The van der Waals surface area contributed by atoms with Gasteiger partial charge in [0.05, 0.1) is 24.0 Å². The van der Waals surface area contributed by atoms with Crippen LogP contribution in [0.3, 0.4) is 0 Å². The minimum absolute atomic E-state index is 0.0994. The molecule has 15 heteroatoms. The van der Waals surface area contributed by atoms with Gasteiger partial charge in [-0.3, -0.25) is 9.59 Å². The molecule has 1 saturated heterocycles. The molecule has 1 aromatic rings. The van der Waals surface area contributed by atoms with Gasteiger partial charge in [-0.1, -0.05) is 12.1 Å². The number of nitrogens with one attached hydrogen (secondary N) is 1. The Hall–Kier alpha value is -4.05. The Bertz CT molecular complexity index is 1530. The van der Waals surface area contributed by atoms with Crippen LogP contribution in [0.4, 0.5) is 0 Å². The molecule has 2 aliphatic heterocycles. The van der Waals surface area contributed by atoms with Crippen LogP contribution in [0.1, 0.15) is 75.5 Å². The molecule has 5 rings (SSSR count). The SMILES string of the molecule is CC(=O)N[C@@H](CCCCN)C(=O)O[C@@H](C)C(=O)O[C@@H](CC(=O)OC1=CC[C@@]2(O)[C@H]3Cc4ccc(CO)c5c4[C@@]2(CCCN3C)[C@H]1O5)C(=O)O. The minimum Gasteiger partial charge on any atom is -0.481 e. The third-order valence-corrected chi connectivity index (χ3v) is 10.2. The first-order valence-electron chi connectivity index (χ1n) is 16.6. The number of rotatable bonds is 14. The average Bonchev–Trinajstić information content (AvgIpc) is 3.38. The molecule has 2 heterocycles. The highest BCUT2D eigenvalue weighted by Gasteiger charge is 2.70. The number of amides is 1. The first-order chi connectivity index (χ1) is 23.3. The molecule has 268 valence electrons. The molecular formula is C34H45N3O12. The summed E-state index contributed by atoms with van der Waals surface area (Å²) in [6.07, 6.45) is -0.484. The van der Waals surface area contributed by atoms with E-state index < -0.39 is 71.6 Å². The fourth-order valence-electron chi connectivity index (χ4n) is 7.92. The molecule has 15 nitrogen and oxygen atoms in total. The monoisotopic (exact) mass is 687 g/mol. The van der Waals surface area contributed by atoms with Gasteiger partial charge in [0, 0.05) is 30.5 Å². The van der Waals surface area contributed by atoms with E-state index in [0.717, 1.165) is 24.1 Å². The summed E-state index contributed by atoms with van der Waals surface area (Å²) >= 11 is 0. The number of nitrogens with zero attached hydrogens (tertiary/aromatic N) is 1. The molecule has 7 atom stereocenters. The Morgan fingerprint density at radius 2 is 1.92 bits per heavy atom. The number of hydrogen-bond acceptors (Lipinski definition) is 13. The van der Waals surface area contributed by atoms with Crippen LogP contribution in [0.5, 0.6) is 5.75 Å². The quantitative estimate of drug-likeness (QED) is 0.101. The molecule has 0 radical (unpaired) electrons. The first-order valence-corrected chi connectivity index (χ1v) is 16.6. The van der Waals surface area contributed by atoms with E-state index >= 15 is 0 Å². The van der Waals surface area contributed by atoms with Gasteiger partial charge in [-0.25, -0.2) is 14.4 Å². The Kier molecular flexibility index (Phi) is 10.7. The standard InChI is InChI=1S/C34H45N3O12/c1-18(46-32(44)22(36-19(2)39)7-4-5-13-35)31(43)48-24(30(41)42)16-26(40)47-23-10-12-34(45)25-15-20-8-9-21(17-38)28-27(20)33(34,29(23)49-28)11-6-14-37(25)3/h8-10,18,22,24-25,29,38,45H,4-7,11-17,35H2,1-3H3,(H,36,39)(H,41,42)/t18-,22-,24-,25+,29-,33-,34+/m0/s1. The molecule has 1 aromatic carbocycles. The van der Waals surface area contributed by atoms with Gasteiger partial charge >= 0.3 is 23.9 Å².